The first-order chi connectivity index (χ1) is 9.73. The van der Waals surface area contributed by atoms with Gasteiger partial charge >= 0.3 is 5.97 Å². The minimum absolute atomic E-state index is 0.0424. The summed E-state index contributed by atoms with van der Waals surface area (Å²) in [6.45, 7) is 6.95. The van der Waals surface area contributed by atoms with Crippen LogP contribution in [0.1, 0.15) is 31.9 Å². The molecule has 0 aliphatic heterocycles. The number of aromatic nitrogens is 1. The number of carbonyl (C=O) groups excluding carboxylic acids is 2. The highest BCUT2D eigenvalue weighted by Crippen LogP contribution is 2.15. The van der Waals surface area contributed by atoms with Gasteiger partial charge in [0.2, 0.25) is 0 Å². The van der Waals surface area contributed by atoms with Crippen LogP contribution in [0.2, 0.25) is 0 Å². The molecule has 1 heterocycles. The Morgan fingerprint density at radius 3 is 2.48 bits per heavy atom. The van der Waals surface area contributed by atoms with Crippen molar-refractivity contribution in [1.82, 2.24) is 4.98 Å². The largest absolute Gasteiger partial charge is 0.456 e. The van der Waals surface area contributed by atoms with Gasteiger partial charge in [0.25, 0.3) is 0 Å². The van der Waals surface area contributed by atoms with Crippen LogP contribution in [0.25, 0.3) is 6.08 Å². The molecule has 114 valence electrons. The fourth-order valence-corrected chi connectivity index (χ4v) is 1.62. The van der Waals surface area contributed by atoms with Gasteiger partial charge in [-0.05, 0) is 51.0 Å². The number of hydrogen-bond donors (Lipinski definition) is 0. The zero-order valence-corrected chi connectivity index (χ0v) is 13.1. The highest BCUT2D eigenvalue weighted by molar-refractivity contribution is 6.21. The monoisotopic (exact) mass is 291 g/mol. The van der Waals surface area contributed by atoms with Crippen molar-refractivity contribution in [2.24, 2.45) is 0 Å². The van der Waals surface area contributed by atoms with Crippen molar-refractivity contribution < 1.29 is 19.1 Å². The summed E-state index contributed by atoms with van der Waals surface area (Å²) < 4.78 is 10.1. The Balaban J connectivity index is 3.13. The summed E-state index contributed by atoms with van der Waals surface area (Å²) in [5.74, 6) is -1.08. The van der Waals surface area contributed by atoms with Crippen LogP contribution in [0.5, 0.6) is 0 Å². The van der Waals surface area contributed by atoms with Gasteiger partial charge < -0.3 is 9.47 Å². The summed E-state index contributed by atoms with van der Waals surface area (Å²) >= 11 is 0. The second-order valence-electron chi connectivity index (χ2n) is 5.71. The van der Waals surface area contributed by atoms with Crippen molar-refractivity contribution in [3.8, 4) is 0 Å². The molecule has 1 rings (SSSR count). The molecule has 0 aliphatic carbocycles. The standard InChI is InChI=1S/C16H21NO4/c1-11-6-12(9-17-8-11)7-13(14(18)10-20-5)15(19)21-16(2,3)4/h6-9H,10H2,1-5H3. The molecule has 0 bridgehead atoms. The lowest BCUT2D eigenvalue weighted by Crippen LogP contribution is -2.28. The molecule has 0 spiro atoms. The third-order valence-electron chi connectivity index (χ3n) is 2.40. The van der Waals surface area contributed by atoms with Crippen LogP contribution < -0.4 is 0 Å². The zero-order valence-electron chi connectivity index (χ0n) is 13.1. The molecule has 5 nitrogen and oxygen atoms in total. The minimum Gasteiger partial charge on any atom is -0.456 e. The predicted molar refractivity (Wildman–Crippen MR) is 79.7 cm³/mol. The molecule has 0 aliphatic rings. The van der Waals surface area contributed by atoms with Gasteiger partial charge in [0.1, 0.15) is 17.8 Å². The molecule has 0 radical (unpaired) electrons. The second-order valence-corrected chi connectivity index (χ2v) is 5.71. The third-order valence-corrected chi connectivity index (χ3v) is 2.40. The molecule has 0 saturated carbocycles. The first kappa shape index (κ1) is 17.0. The molecule has 1 aromatic rings. The van der Waals surface area contributed by atoms with E-state index < -0.39 is 17.4 Å². The Bertz CT molecular complexity index is 556. The number of hydrogen-bond acceptors (Lipinski definition) is 5. The molecule has 0 atom stereocenters. The van der Waals surface area contributed by atoms with Crippen molar-refractivity contribution >= 4 is 17.8 Å². The first-order valence-corrected chi connectivity index (χ1v) is 6.62. The molecule has 0 unspecified atom stereocenters. The molecule has 0 aromatic carbocycles. The fraction of sp³-hybridized carbons (Fsp3) is 0.438. The number of nitrogens with zero attached hydrogens (tertiary/aromatic N) is 1. The van der Waals surface area contributed by atoms with Crippen molar-refractivity contribution in [3.63, 3.8) is 0 Å². The smallest absolute Gasteiger partial charge is 0.342 e. The number of esters is 1. The van der Waals surface area contributed by atoms with E-state index in [0.717, 1.165) is 5.56 Å². The van der Waals surface area contributed by atoms with Gasteiger partial charge in [0.05, 0.1) is 0 Å². The van der Waals surface area contributed by atoms with Gasteiger partial charge in [-0.1, -0.05) is 0 Å². The average molecular weight is 291 g/mol. The summed E-state index contributed by atoms with van der Waals surface area (Å²) in [6.07, 6.45) is 4.76. The fourth-order valence-electron chi connectivity index (χ4n) is 1.62. The maximum absolute atomic E-state index is 12.2. The topological polar surface area (TPSA) is 65.5 Å². The Labute approximate surface area is 125 Å². The highest BCUT2D eigenvalue weighted by Gasteiger charge is 2.24. The van der Waals surface area contributed by atoms with Gasteiger partial charge in [-0.15, -0.1) is 0 Å². The van der Waals surface area contributed by atoms with Gasteiger partial charge in [-0.3, -0.25) is 9.78 Å². The van der Waals surface area contributed by atoms with Crippen LogP contribution in [0, 0.1) is 6.92 Å². The van der Waals surface area contributed by atoms with Crippen molar-refractivity contribution in [2.45, 2.75) is 33.3 Å². The lowest BCUT2D eigenvalue weighted by molar-refractivity contribution is -0.150. The van der Waals surface area contributed by atoms with Gasteiger partial charge in [-0.25, -0.2) is 4.79 Å². The zero-order chi connectivity index (χ0) is 16.0. The second kappa shape index (κ2) is 7.13. The Kier molecular flexibility index (Phi) is 5.79. The minimum atomic E-state index is -0.672. The molecule has 0 N–H and O–H groups in total. The number of methoxy groups -OCH3 is 1. The van der Waals surface area contributed by atoms with Crippen LogP contribution in [-0.4, -0.2) is 36.1 Å². The van der Waals surface area contributed by atoms with E-state index in [1.54, 1.807) is 33.2 Å². The normalized spacial score (nSPS) is 12.1. The SMILES string of the molecule is COCC(=O)C(=Cc1cncc(C)c1)C(=O)OC(C)(C)C. The van der Waals surface area contributed by atoms with Crippen LogP contribution in [-0.2, 0) is 19.1 Å². The number of rotatable bonds is 5. The van der Waals surface area contributed by atoms with Crippen molar-refractivity contribution in [2.75, 3.05) is 13.7 Å². The van der Waals surface area contributed by atoms with Gasteiger partial charge in [-0.2, -0.15) is 0 Å². The van der Waals surface area contributed by atoms with E-state index in [9.17, 15) is 9.59 Å². The molecule has 0 fully saturated rings. The summed E-state index contributed by atoms with van der Waals surface area (Å²) in [6, 6.07) is 1.83. The lowest BCUT2D eigenvalue weighted by Gasteiger charge is -2.20. The number of pyridine rings is 1. The molecule has 0 saturated heterocycles. The maximum Gasteiger partial charge on any atom is 0.342 e. The quantitative estimate of drug-likeness (QED) is 0.360. The molecule has 21 heavy (non-hydrogen) atoms. The number of Topliss-reactive ketones (excluding diaryl/α,β-unsaturated/α-hetero) is 1. The summed E-state index contributed by atoms with van der Waals surface area (Å²) in [7, 11) is 1.40. The maximum atomic E-state index is 12.2. The third kappa shape index (κ3) is 5.87. The Morgan fingerprint density at radius 1 is 1.29 bits per heavy atom. The Morgan fingerprint density at radius 2 is 1.95 bits per heavy atom. The molecular formula is C16H21NO4. The van der Waals surface area contributed by atoms with E-state index >= 15 is 0 Å². The van der Waals surface area contributed by atoms with E-state index in [2.05, 4.69) is 4.98 Å². The van der Waals surface area contributed by atoms with Crippen LogP contribution in [0.3, 0.4) is 0 Å². The molecule has 1 aromatic heterocycles. The highest BCUT2D eigenvalue weighted by atomic mass is 16.6. The molecular weight excluding hydrogens is 270 g/mol. The predicted octanol–water partition coefficient (Wildman–Crippen LogP) is 2.33. The summed E-state index contributed by atoms with van der Waals surface area (Å²) in [4.78, 5) is 28.3. The molecule has 5 heteroatoms. The van der Waals surface area contributed by atoms with Crippen LogP contribution in [0.4, 0.5) is 0 Å². The number of aryl methyl sites for hydroxylation is 1. The van der Waals surface area contributed by atoms with E-state index in [1.807, 2.05) is 13.0 Å². The number of ketones is 1. The van der Waals surface area contributed by atoms with Crippen LogP contribution in [0.15, 0.2) is 24.0 Å². The van der Waals surface area contributed by atoms with Crippen molar-refractivity contribution in [3.05, 3.63) is 35.2 Å². The molecule has 0 amide bonds. The van der Waals surface area contributed by atoms with Crippen molar-refractivity contribution in [1.29, 1.82) is 0 Å². The average Bonchev–Trinajstić information content (AvgIpc) is 2.34. The Hall–Kier alpha value is -2.01. The van der Waals surface area contributed by atoms with E-state index in [0.29, 0.717) is 5.56 Å². The lowest BCUT2D eigenvalue weighted by atomic mass is 10.1. The van der Waals surface area contributed by atoms with Gasteiger partial charge in [0.15, 0.2) is 5.78 Å². The number of carbonyl (C=O) groups is 2. The van der Waals surface area contributed by atoms with Crippen LogP contribution >= 0.6 is 0 Å². The van der Waals surface area contributed by atoms with E-state index in [1.165, 1.54) is 13.2 Å². The summed E-state index contributed by atoms with van der Waals surface area (Å²) in [5, 5.41) is 0. The van der Waals surface area contributed by atoms with E-state index in [4.69, 9.17) is 9.47 Å². The van der Waals surface area contributed by atoms with E-state index in [-0.39, 0.29) is 12.2 Å². The first-order valence-electron chi connectivity index (χ1n) is 6.62. The van der Waals surface area contributed by atoms with Gasteiger partial charge in [0, 0.05) is 19.5 Å². The number of ether oxygens (including phenoxy) is 2. The summed E-state index contributed by atoms with van der Waals surface area (Å²) in [5.41, 5.74) is 0.889.